The average Bonchev–Trinajstić information content (AvgIpc) is 2.57. The summed E-state index contributed by atoms with van der Waals surface area (Å²) in [6.45, 7) is 13.7. The van der Waals surface area contributed by atoms with Gasteiger partial charge in [-0.2, -0.15) is 0 Å². The van der Waals surface area contributed by atoms with Gasteiger partial charge in [-0.05, 0) is 60.1 Å². The quantitative estimate of drug-likeness (QED) is 0.757. The number of pyridine rings is 1. The molecule has 0 bridgehead atoms. The van der Waals surface area contributed by atoms with Crippen LogP contribution in [0.2, 0.25) is 0 Å². The van der Waals surface area contributed by atoms with E-state index in [-0.39, 0.29) is 24.0 Å². The first-order chi connectivity index (χ1) is 13.3. The third-order valence-electron chi connectivity index (χ3n) is 4.24. The Kier molecular flexibility index (Phi) is 6.60. The normalized spacial score (nSPS) is 19.6. The van der Waals surface area contributed by atoms with Gasteiger partial charge in [-0.3, -0.25) is 14.7 Å². The number of hydrogen-bond donors (Lipinski definition) is 1. The lowest BCUT2D eigenvalue weighted by molar-refractivity contribution is -0.152. The molecule has 1 aliphatic heterocycles. The summed E-state index contributed by atoms with van der Waals surface area (Å²) in [6, 6.07) is 3.80. The highest BCUT2D eigenvalue weighted by Crippen LogP contribution is 2.32. The molecule has 0 radical (unpaired) electrons. The monoisotopic (exact) mass is 403 g/mol. The molecule has 1 aliphatic rings. The maximum Gasteiger partial charge on any atom is 0.414 e. The average molecular weight is 404 g/mol. The van der Waals surface area contributed by atoms with Crippen molar-refractivity contribution in [1.82, 2.24) is 9.88 Å². The Morgan fingerprint density at radius 2 is 1.79 bits per heavy atom. The Morgan fingerprint density at radius 1 is 1.14 bits per heavy atom. The molecule has 2 rings (SSSR count). The van der Waals surface area contributed by atoms with Crippen LogP contribution in [0, 0.1) is 0 Å². The second kappa shape index (κ2) is 8.43. The van der Waals surface area contributed by atoms with Crippen molar-refractivity contribution in [3.8, 4) is 0 Å². The third-order valence-corrected chi connectivity index (χ3v) is 4.24. The number of carbonyl (C=O) groups is 2. The Balaban J connectivity index is 2.00. The molecule has 0 aliphatic carbocycles. The van der Waals surface area contributed by atoms with Gasteiger partial charge in [0.1, 0.15) is 17.7 Å². The summed E-state index contributed by atoms with van der Waals surface area (Å²) in [5.41, 5.74) is 0.231. The van der Waals surface area contributed by atoms with Crippen LogP contribution in [-0.4, -0.2) is 46.2 Å². The number of ether oxygens (including phenoxy) is 2. The lowest BCUT2D eigenvalue weighted by atomic mass is 9.80. The lowest BCUT2D eigenvalue weighted by Gasteiger charge is -2.37. The van der Waals surface area contributed by atoms with E-state index in [4.69, 9.17) is 9.47 Å². The number of carbonyl (C=O) groups excluding carboxylic acids is 2. The van der Waals surface area contributed by atoms with Crippen LogP contribution in [0.25, 0.3) is 0 Å². The summed E-state index contributed by atoms with van der Waals surface area (Å²) >= 11 is 0. The van der Waals surface area contributed by atoms with Crippen molar-refractivity contribution in [2.75, 3.05) is 18.4 Å². The molecule has 1 atom stereocenters. The molecule has 7 nitrogen and oxygen atoms in total. The second-order valence-corrected chi connectivity index (χ2v) is 9.63. The molecule has 0 saturated carbocycles. The van der Waals surface area contributed by atoms with E-state index >= 15 is 0 Å². The predicted octanol–water partition coefficient (Wildman–Crippen LogP) is 4.25. The highest BCUT2D eigenvalue weighted by Gasteiger charge is 2.35. The maximum absolute atomic E-state index is 12.4. The molecule has 0 aromatic carbocycles. The van der Waals surface area contributed by atoms with Crippen LogP contribution in [0.1, 0.15) is 60.6 Å². The maximum atomic E-state index is 12.4. The van der Waals surface area contributed by atoms with Gasteiger partial charge in [-0.25, -0.2) is 4.79 Å². The fourth-order valence-corrected chi connectivity index (χ4v) is 2.97. The number of amides is 1. The van der Waals surface area contributed by atoms with Gasteiger partial charge in [0.15, 0.2) is 0 Å². The molecule has 1 amide bonds. The first kappa shape index (κ1) is 22.7. The van der Waals surface area contributed by atoms with Crippen molar-refractivity contribution in [1.29, 1.82) is 0 Å². The van der Waals surface area contributed by atoms with E-state index in [1.54, 1.807) is 17.3 Å². The lowest BCUT2D eigenvalue weighted by Crippen LogP contribution is -2.44. The van der Waals surface area contributed by atoms with Gasteiger partial charge >= 0.3 is 12.1 Å². The van der Waals surface area contributed by atoms with Crippen LogP contribution in [-0.2, 0) is 19.7 Å². The van der Waals surface area contributed by atoms with Crippen LogP contribution in [0.5, 0.6) is 0 Å². The zero-order valence-corrected chi connectivity index (χ0v) is 18.5. The summed E-state index contributed by atoms with van der Waals surface area (Å²) in [7, 11) is 0. The zero-order valence-electron chi connectivity index (χ0n) is 18.5. The number of nitrogens with one attached hydrogen (secondary N) is 1. The van der Waals surface area contributed by atoms with E-state index in [2.05, 4.69) is 17.2 Å². The Morgan fingerprint density at radius 3 is 2.34 bits per heavy atom. The van der Waals surface area contributed by atoms with E-state index in [0.717, 1.165) is 17.8 Å². The molecule has 0 fully saturated rings. The van der Waals surface area contributed by atoms with Crippen LogP contribution < -0.4 is 5.32 Å². The van der Waals surface area contributed by atoms with Gasteiger partial charge in [0.05, 0.1) is 11.9 Å². The summed E-state index contributed by atoms with van der Waals surface area (Å²) in [5, 5.41) is 3.03. The Hall–Kier alpha value is -2.57. The molecule has 1 N–H and O–H groups in total. The van der Waals surface area contributed by atoms with Crippen LogP contribution >= 0.6 is 0 Å². The predicted molar refractivity (Wildman–Crippen MR) is 113 cm³/mol. The zero-order chi connectivity index (χ0) is 21.9. The minimum Gasteiger partial charge on any atom is -0.459 e. The number of esters is 1. The van der Waals surface area contributed by atoms with Crippen molar-refractivity contribution in [2.24, 2.45) is 0 Å². The summed E-state index contributed by atoms with van der Waals surface area (Å²) in [5.74, 6) is -0.320. The van der Waals surface area contributed by atoms with E-state index in [9.17, 15) is 9.59 Å². The largest absolute Gasteiger partial charge is 0.459 e. The Labute approximate surface area is 173 Å². The van der Waals surface area contributed by atoms with E-state index in [0.29, 0.717) is 6.54 Å². The number of aromatic nitrogens is 1. The Bertz CT molecular complexity index is 760. The van der Waals surface area contributed by atoms with Gasteiger partial charge in [0, 0.05) is 23.9 Å². The van der Waals surface area contributed by atoms with Gasteiger partial charge in [-0.1, -0.05) is 13.0 Å². The molecule has 29 heavy (non-hydrogen) atoms. The standard InChI is InChI=1S/C22H33N3O4/c1-20(2,3)28-18(26)14-23-16-9-10-17(24-13-16)22(7)11-8-12-25(15-22)19(27)29-21(4,5)6/h8-10,12-13,23H,11,14-15H2,1-7H3. The molecular weight excluding hydrogens is 370 g/mol. The van der Waals surface area contributed by atoms with E-state index in [1.807, 2.05) is 59.8 Å². The smallest absolute Gasteiger partial charge is 0.414 e. The van der Waals surface area contributed by atoms with E-state index < -0.39 is 11.2 Å². The summed E-state index contributed by atoms with van der Waals surface area (Å²) in [6.07, 6.45) is 5.83. The molecule has 2 heterocycles. The van der Waals surface area contributed by atoms with Gasteiger partial charge in [0.25, 0.3) is 0 Å². The molecule has 0 spiro atoms. The van der Waals surface area contributed by atoms with Crippen molar-refractivity contribution in [3.63, 3.8) is 0 Å². The van der Waals surface area contributed by atoms with Crippen LogP contribution in [0.4, 0.5) is 10.5 Å². The fourth-order valence-electron chi connectivity index (χ4n) is 2.97. The molecule has 1 aromatic rings. The molecular formula is C22H33N3O4. The van der Waals surface area contributed by atoms with Crippen molar-refractivity contribution in [2.45, 2.75) is 71.5 Å². The number of hydrogen-bond acceptors (Lipinski definition) is 6. The van der Waals surface area contributed by atoms with Crippen molar-refractivity contribution < 1.29 is 19.1 Å². The fraction of sp³-hybridized carbons (Fsp3) is 0.591. The minimum atomic E-state index is -0.543. The number of anilines is 1. The van der Waals surface area contributed by atoms with Crippen LogP contribution in [0.15, 0.2) is 30.6 Å². The van der Waals surface area contributed by atoms with Gasteiger partial charge in [0.2, 0.25) is 0 Å². The first-order valence-corrected chi connectivity index (χ1v) is 9.86. The summed E-state index contributed by atoms with van der Waals surface area (Å²) in [4.78, 5) is 30.4. The topological polar surface area (TPSA) is 80.8 Å². The highest BCUT2D eigenvalue weighted by molar-refractivity contribution is 5.75. The van der Waals surface area contributed by atoms with Gasteiger partial charge < -0.3 is 14.8 Å². The van der Waals surface area contributed by atoms with Crippen LogP contribution in [0.3, 0.4) is 0 Å². The third kappa shape index (κ3) is 7.07. The van der Waals surface area contributed by atoms with E-state index in [1.165, 1.54) is 0 Å². The number of allylic oxidation sites excluding steroid dienone is 1. The minimum absolute atomic E-state index is 0.0741. The second-order valence-electron chi connectivity index (χ2n) is 9.63. The van der Waals surface area contributed by atoms with Crippen molar-refractivity contribution >= 4 is 17.7 Å². The SMILES string of the molecule is CC(C)(C)OC(=O)CNc1ccc(C2(C)CC=CN(C(=O)OC(C)(C)C)C2)nc1. The number of nitrogens with zero attached hydrogens (tertiary/aromatic N) is 2. The van der Waals surface area contributed by atoms with Gasteiger partial charge in [-0.15, -0.1) is 0 Å². The molecule has 7 heteroatoms. The highest BCUT2D eigenvalue weighted by atomic mass is 16.6. The van der Waals surface area contributed by atoms with Crippen molar-refractivity contribution in [3.05, 3.63) is 36.3 Å². The molecule has 1 aromatic heterocycles. The molecule has 160 valence electrons. The first-order valence-electron chi connectivity index (χ1n) is 9.86. The number of rotatable bonds is 4. The molecule has 1 unspecified atom stereocenters. The summed E-state index contributed by atoms with van der Waals surface area (Å²) < 4.78 is 10.8. The molecule has 0 saturated heterocycles.